The molecule has 1 fully saturated rings. The second-order valence-corrected chi connectivity index (χ2v) is 10.2. The Labute approximate surface area is 234 Å². The van der Waals surface area contributed by atoms with Crippen molar-refractivity contribution in [2.75, 3.05) is 13.2 Å². The minimum absolute atomic E-state index is 0.0838. The third-order valence-electron chi connectivity index (χ3n) is 7.25. The van der Waals surface area contributed by atoms with Crippen molar-refractivity contribution in [3.8, 4) is 39.7 Å². The first-order valence-electron chi connectivity index (χ1n) is 13.4. The Hall–Kier alpha value is -4.24. The van der Waals surface area contributed by atoms with E-state index in [0.29, 0.717) is 47.1 Å². The van der Waals surface area contributed by atoms with Crippen molar-refractivity contribution in [2.24, 2.45) is 0 Å². The molecule has 1 saturated heterocycles. The summed E-state index contributed by atoms with van der Waals surface area (Å²) in [5.74, 6) is 0.154. The number of pyridine rings is 1. The Bertz CT molecular complexity index is 1640. The van der Waals surface area contributed by atoms with Crippen molar-refractivity contribution >= 4 is 0 Å². The molecule has 0 aromatic heterocycles. The molecule has 0 saturated carbocycles. The van der Waals surface area contributed by atoms with Crippen LogP contribution in [0.25, 0.3) is 33.9 Å². The number of fused-ring (bicyclic) bond motifs is 1. The highest BCUT2D eigenvalue weighted by Gasteiger charge is 2.34. The van der Waals surface area contributed by atoms with Crippen LogP contribution in [-0.2, 0) is 17.5 Å². The molecule has 1 unspecified atom stereocenters. The number of hydrogen-bond acceptors (Lipinski definition) is 4. The topological polar surface area (TPSA) is 49.2 Å². The molecule has 9 heteroatoms. The van der Waals surface area contributed by atoms with Gasteiger partial charge in [-0.25, -0.2) is 14.4 Å². The van der Waals surface area contributed by atoms with E-state index >= 15 is 0 Å². The number of rotatable bonds is 7. The lowest BCUT2D eigenvalue weighted by Gasteiger charge is -2.17. The van der Waals surface area contributed by atoms with E-state index in [-0.39, 0.29) is 29.8 Å². The highest BCUT2D eigenvalue weighted by molar-refractivity contribution is 5.70. The van der Waals surface area contributed by atoms with Crippen molar-refractivity contribution < 1.29 is 27.0 Å². The summed E-state index contributed by atoms with van der Waals surface area (Å²) in [7, 11) is 0. The lowest BCUT2D eigenvalue weighted by Crippen LogP contribution is -2.16. The molecule has 1 atom stereocenters. The summed E-state index contributed by atoms with van der Waals surface area (Å²) >= 11 is 0. The molecule has 0 bridgehead atoms. The molecular weight excluding hydrogens is 534 g/mol. The van der Waals surface area contributed by atoms with Crippen LogP contribution in [0.5, 0.6) is 5.75 Å². The van der Waals surface area contributed by atoms with Crippen LogP contribution in [0.2, 0.25) is 0 Å². The molecule has 3 heterocycles. The fourth-order valence-corrected chi connectivity index (χ4v) is 5.06. The van der Waals surface area contributed by atoms with E-state index in [1.807, 2.05) is 23.0 Å². The van der Waals surface area contributed by atoms with Gasteiger partial charge in [0.15, 0.2) is 5.82 Å². The summed E-state index contributed by atoms with van der Waals surface area (Å²) in [6.45, 7) is 3.05. The molecule has 5 nitrogen and oxygen atoms in total. The molecule has 0 amide bonds. The quantitative estimate of drug-likeness (QED) is 0.190. The summed E-state index contributed by atoms with van der Waals surface area (Å²) < 4.78 is 69.6. The predicted molar refractivity (Wildman–Crippen MR) is 147 cm³/mol. The molecule has 3 aromatic rings. The van der Waals surface area contributed by atoms with Crippen LogP contribution in [0.4, 0.5) is 17.6 Å². The molecule has 3 aliphatic heterocycles. The number of halogens is 4. The van der Waals surface area contributed by atoms with Crippen LogP contribution < -0.4 is 4.74 Å². The average molecular weight is 562 g/mol. The molecule has 3 aliphatic rings. The summed E-state index contributed by atoms with van der Waals surface area (Å²) in [6.07, 6.45) is 0.824. The molecular formula is C32H27F4N3O2. The maximum absolute atomic E-state index is 14.6. The van der Waals surface area contributed by atoms with E-state index < -0.39 is 11.7 Å². The zero-order valence-electron chi connectivity index (χ0n) is 22.3. The zero-order chi connectivity index (χ0) is 28.6. The number of aromatic nitrogens is 3. The smallest absolute Gasteiger partial charge is 0.417 e. The largest absolute Gasteiger partial charge is 0.491 e. The Morgan fingerprint density at radius 2 is 1.78 bits per heavy atom. The Kier molecular flexibility index (Phi) is 7.21. The number of imidazole rings is 1. The third-order valence-corrected chi connectivity index (χ3v) is 7.25. The van der Waals surface area contributed by atoms with Crippen LogP contribution in [0, 0.1) is 12.7 Å². The summed E-state index contributed by atoms with van der Waals surface area (Å²) in [5, 5.41) is 0. The van der Waals surface area contributed by atoms with E-state index in [0.717, 1.165) is 24.5 Å². The van der Waals surface area contributed by atoms with Crippen LogP contribution in [0.3, 0.4) is 0 Å². The molecule has 0 aliphatic carbocycles. The van der Waals surface area contributed by atoms with Crippen molar-refractivity contribution in [2.45, 2.75) is 38.6 Å². The molecule has 41 heavy (non-hydrogen) atoms. The maximum Gasteiger partial charge on any atom is 0.417 e. The molecule has 0 radical (unpaired) electrons. The van der Waals surface area contributed by atoms with E-state index in [2.05, 4.69) is 9.97 Å². The highest BCUT2D eigenvalue weighted by atomic mass is 19.4. The van der Waals surface area contributed by atoms with Crippen LogP contribution >= 0.6 is 0 Å². The molecule has 0 N–H and O–H groups in total. The van der Waals surface area contributed by atoms with Gasteiger partial charge in [0.05, 0.1) is 22.9 Å². The van der Waals surface area contributed by atoms with Gasteiger partial charge < -0.3 is 14.0 Å². The molecule has 0 spiro atoms. The third kappa shape index (κ3) is 5.81. The summed E-state index contributed by atoms with van der Waals surface area (Å²) in [4.78, 5) is 8.99. The standard InChI is InChI=1S/C32H27F4N3O2/c1-20-4-2-6-26(30(20)33)31-37-28-13-14-39(18-29(28)38-31)17-21-7-9-22(10-8-21)25-12-11-23(16-27(25)32(34,35)36)41-19-24-5-3-15-40-24/h2,4,6-14,16,18,24H,3,5,15,17,19H2,1H3. The fourth-order valence-electron chi connectivity index (χ4n) is 5.06. The fraction of sp³-hybridized carbons (Fsp3) is 0.250. The average Bonchev–Trinajstić information content (AvgIpc) is 3.63. The SMILES string of the molecule is Cc1cccc(-c2nc3ccn(Cc4ccc(-c5ccc(OCC6CCCO6)cc5C(F)(F)F)cc4)cc-3n2)c1F. The number of hydrogen-bond donors (Lipinski definition) is 0. The number of ether oxygens (including phenoxy) is 2. The van der Waals surface area contributed by atoms with Gasteiger partial charge in [-0.15, -0.1) is 0 Å². The summed E-state index contributed by atoms with van der Waals surface area (Å²) in [5.41, 5.74) is 2.84. The minimum Gasteiger partial charge on any atom is -0.491 e. The van der Waals surface area contributed by atoms with Gasteiger partial charge in [0, 0.05) is 25.5 Å². The van der Waals surface area contributed by atoms with E-state index in [9.17, 15) is 17.6 Å². The minimum atomic E-state index is -4.54. The van der Waals surface area contributed by atoms with E-state index in [4.69, 9.17) is 9.47 Å². The number of benzene rings is 3. The Morgan fingerprint density at radius 1 is 0.976 bits per heavy atom. The highest BCUT2D eigenvalue weighted by Crippen LogP contribution is 2.39. The normalized spacial score (nSPS) is 15.5. The van der Waals surface area contributed by atoms with Gasteiger partial charge in [-0.1, -0.05) is 42.5 Å². The maximum atomic E-state index is 14.6. The van der Waals surface area contributed by atoms with Gasteiger partial charge >= 0.3 is 6.18 Å². The van der Waals surface area contributed by atoms with Crippen LogP contribution in [0.15, 0.2) is 79.1 Å². The van der Waals surface area contributed by atoms with Crippen molar-refractivity contribution in [3.63, 3.8) is 0 Å². The predicted octanol–water partition coefficient (Wildman–Crippen LogP) is 7.79. The van der Waals surface area contributed by atoms with Gasteiger partial charge in [-0.2, -0.15) is 13.2 Å². The first kappa shape index (κ1) is 27.0. The van der Waals surface area contributed by atoms with Gasteiger partial charge in [0.2, 0.25) is 0 Å². The Balaban J connectivity index is 1.20. The first-order valence-corrected chi connectivity index (χ1v) is 13.4. The number of aryl methyl sites for hydroxylation is 1. The van der Waals surface area contributed by atoms with Gasteiger partial charge in [-0.05, 0) is 66.3 Å². The van der Waals surface area contributed by atoms with Crippen molar-refractivity contribution in [1.29, 1.82) is 0 Å². The second-order valence-electron chi connectivity index (χ2n) is 10.2. The zero-order valence-corrected chi connectivity index (χ0v) is 22.3. The number of alkyl halides is 3. The summed E-state index contributed by atoms with van der Waals surface area (Å²) in [6, 6.07) is 18.0. The van der Waals surface area contributed by atoms with E-state index in [1.165, 1.54) is 6.07 Å². The monoisotopic (exact) mass is 561 g/mol. The first-order chi connectivity index (χ1) is 19.7. The van der Waals surface area contributed by atoms with Gasteiger partial charge in [0.25, 0.3) is 0 Å². The van der Waals surface area contributed by atoms with Crippen LogP contribution in [0.1, 0.15) is 29.5 Å². The Morgan fingerprint density at radius 3 is 2.54 bits per heavy atom. The molecule has 3 aromatic carbocycles. The molecule has 6 rings (SSSR count). The number of nitrogens with zero attached hydrogens (tertiary/aromatic N) is 3. The van der Waals surface area contributed by atoms with Crippen molar-refractivity contribution in [3.05, 3.63) is 102 Å². The lowest BCUT2D eigenvalue weighted by molar-refractivity contribution is -0.137. The van der Waals surface area contributed by atoms with Gasteiger partial charge in [-0.3, -0.25) is 0 Å². The van der Waals surface area contributed by atoms with E-state index in [1.54, 1.807) is 55.5 Å². The lowest BCUT2D eigenvalue weighted by atomic mass is 9.98. The van der Waals surface area contributed by atoms with Crippen LogP contribution in [-0.4, -0.2) is 33.9 Å². The molecule has 210 valence electrons. The van der Waals surface area contributed by atoms with Crippen molar-refractivity contribution in [1.82, 2.24) is 14.5 Å². The van der Waals surface area contributed by atoms with Gasteiger partial charge in [0.1, 0.15) is 23.9 Å². The second kappa shape index (κ2) is 11.0.